The highest BCUT2D eigenvalue weighted by atomic mass is 16.3. The van der Waals surface area contributed by atoms with Crippen LogP contribution in [0.25, 0.3) is 0 Å². The van der Waals surface area contributed by atoms with E-state index >= 15 is 0 Å². The van der Waals surface area contributed by atoms with Crippen molar-refractivity contribution in [1.29, 1.82) is 0 Å². The second-order valence-corrected chi connectivity index (χ2v) is 4.53. The minimum atomic E-state index is -0.102. The van der Waals surface area contributed by atoms with Crippen molar-refractivity contribution in [2.45, 2.75) is 46.6 Å². The predicted octanol–water partition coefficient (Wildman–Crippen LogP) is 1.56. The number of rotatable bonds is 6. The first kappa shape index (κ1) is 13.4. The van der Waals surface area contributed by atoms with Crippen LogP contribution in [0.1, 0.15) is 40.5 Å². The maximum atomic E-state index is 11.4. The molecule has 0 saturated heterocycles. The molecule has 0 aliphatic carbocycles. The standard InChI is InChI=1S/C11H23NO2/c1-8(2)5-6-11(14)12-10(7-13)9(3)4/h8-10,13H,5-7H2,1-4H3,(H,12,14). The van der Waals surface area contributed by atoms with Gasteiger partial charge in [0, 0.05) is 6.42 Å². The summed E-state index contributed by atoms with van der Waals surface area (Å²) in [6.45, 7) is 8.19. The number of carbonyl (C=O) groups excluding carboxylic acids is 1. The maximum absolute atomic E-state index is 11.4. The van der Waals surface area contributed by atoms with Crippen LogP contribution in [-0.2, 0) is 4.79 Å². The molecule has 0 aliphatic rings. The van der Waals surface area contributed by atoms with E-state index in [1.54, 1.807) is 0 Å². The third kappa shape index (κ3) is 5.97. The normalized spacial score (nSPS) is 13.4. The van der Waals surface area contributed by atoms with Crippen LogP contribution in [0, 0.1) is 11.8 Å². The summed E-state index contributed by atoms with van der Waals surface area (Å²) in [5, 5.41) is 11.8. The number of nitrogens with one attached hydrogen (secondary N) is 1. The Bertz CT molecular complexity index is 167. The van der Waals surface area contributed by atoms with E-state index in [1.165, 1.54) is 0 Å². The fraction of sp³-hybridized carbons (Fsp3) is 0.909. The van der Waals surface area contributed by atoms with Crippen LogP contribution >= 0.6 is 0 Å². The van der Waals surface area contributed by atoms with Crippen molar-refractivity contribution >= 4 is 5.91 Å². The van der Waals surface area contributed by atoms with Gasteiger partial charge in [-0.3, -0.25) is 4.79 Å². The molecule has 1 atom stereocenters. The highest BCUT2D eigenvalue weighted by Gasteiger charge is 2.14. The molecule has 0 spiro atoms. The first-order valence-electron chi connectivity index (χ1n) is 5.37. The minimum Gasteiger partial charge on any atom is -0.394 e. The molecule has 84 valence electrons. The monoisotopic (exact) mass is 201 g/mol. The molecule has 0 heterocycles. The average molecular weight is 201 g/mol. The van der Waals surface area contributed by atoms with Crippen molar-refractivity contribution in [2.75, 3.05) is 6.61 Å². The van der Waals surface area contributed by atoms with Crippen LogP contribution in [0.3, 0.4) is 0 Å². The van der Waals surface area contributed by atoms with E-state index in [4.69, 9.17) is 5.11 Å². The Balaban J connectivity index is 3.79. The smallest absolute Gasteiger partial charge is 0.220 e. The van der Waals surface area contributed by atoms with Gasteiger partial charge in [0.2, 0.25) is 5.91 Å². The zero-order valence-corrected chi connectivity index (χ0v) is 9.71. The molecule has 2 N–H and O–H groups in total. The van der Waals surface area contributed by atoms with Crippen molar-refractivity contribution in [3.63, 3.8) is 0 Å². The molecule has 0 rings (SSSR count). The van der Waals surface area contributed by atoms with Crippen molar-refractivity contribution in [1.82, 2.24) is 5.32 Å². The predicted molar refractivity (Wildman–Crippen MR) is 57.9 cm³/mol. The highest BCUT2D eigenvalue weighted by Crippen LogP contribution is 2.05. The number of aliphatic hydroxyl groups excluding tert-OH is 1. The topological polar surface area (TPSA) is 49.3 Å². The molecule has 0 aromatic rings. The summed E-state index contributed by atoms with van der Waals surface area (Å²) in [6.07, 6.45) is 1.46. The van der Waals surface area contributed by atoms with Crippen LogP contribution in [0.2, 0.25) is 0 Å². The second kappa shape index (κ2) is 6.82. The number of amides is 1. The Kier molecular flexibility index (Phi) is 6.54. The molecule has 1 amide bonds. The van der Waals surface area contributed by atoms with Crippen molar-refractivity contribution in [3.8, 4) is 0 Å². The van der Waals surface area contributed by atoms with Gasteiger partial charge in [0.15, 0.2) is 0 Å². The van der Waals surface area contributed by atoms with E-state index in [2.05, 4.69) is 19.2 Å². The van der Waals surface area contributed by atoms with E-state index in [1.807, 2.05) is 13.8 Å². The minimum absolute atomic E-state index is 0.0189. The van der Waals surface area contributed by atoms with Crippen molar-refractivity contribution in [3.05, 3.63) is 0 Å². The summed E-state index contributed by atoms with van der Waals surface area (Å²) in [7, 11) is 0. The van der Waals surface area contributed by atoms with Crippen molar-refractivity contribution in [2.24, 2.45) is 11.8 Å². The Labute approximate surface area is 86.9 Å². The molecule has 3 nitrogen and oxygen atoms in total. The largest absolute Gasteiger partial charge is 0.394 e. The van der Waals surface area contributed by atoms with Crippen LogP contribution < -0.4 is 5.32 Å². The third-order valence-corrected chi connectivity index (χ3v) is 2.30. The van der Waals surface area contributed by atoms with Gasteiger partial charge in [-0.2, -0.15) is 0 Å². The molecule has 0 aliphatic heterocycles. The Morgan fingerprint density at radius 3 is 2.21 bits per heavy atom. The maximum Gasteiger partial charge on any atom is 0.220 e. The number of carbonyl (C=O) groups is 1. The number of hydrogen-bond acceptors (Lipinski definition) is 2. The van der Waals surface area contributed by atoms with Gasteiger partial charge < -0.3 is 10.4 Å². The molecule has 0 aromatic heterocycles. The average Bonchev–Trinajstić information content (AvgIpc) is 2.10. The zero-order valence-electron chi connectivity index (χ0n) is 9.71. The lowest BCUT2D eigenvalue weighted by atomic mass is 10.0. The van der Waals surface area contributed by atoms with Gasteiger partial charge in [-0.15, -0.1) is 0 Å². The lowest BCUT2D eigenvalue weighted by Gasteiger charge is -2.20. The molecular formula is C11H23NO2. The summed E-state index contributed by atoms with van der Waals surface area (Å²) >= 11 is 0. The van der Waals surface area contributed by atoms with Gasteiger partial charge in [0.25, 0.3) is 0 Å². The Morgan fingerprint density at radius 1 is 1.29 bits per heavy atom. The fourth-order valence-electron chi connectivity index (χ4n) is 1.12. The lowest BCUT2D eigenvalue weighted by molar-refractivity contribution is -0.122. The second-order valence-electron chi connectivity index (χ2n) is 4.53. The van der Waals surface area contributed by atoms with Gasteiger partial charge >= 0.3 is 0 Å². The van der Waals surface area contributed by atoms with E-state index in [9.17, 15) is 4.79 Å². The first-order chi connectivity index (χ1) is 6.47. The van der Waals surface area contributed by atoms with Crippen LogP contribution in [0.4, 0.5) is 0 Å². The molecule has 0 saturated carbocycles. The summed E-state index contributed by atoms with van der Waals surface area (Å²) in [4.78, 5) is 11.4. The summed E-state index contributed by atoms with van der Waals surface area (Å²) in [6, 6.07) is -0.102. The molecule has 14 heavy (non-hydrogen) atoms. The fourth-order valence-corrected chi connectivity index (χ4v) is 1.12. The van der Waals surface area contributed by atoms with E-state index < -0.39 is 0 Å². The molecule has 3 heteroatoms. The summed E-state index contributed by atoms with van der Waals surface area (Å²) in [5.41, 5.74) is 0. The Hall–Kier alpha value is -0.570. The van der Waals surface area contributed by atoms with E-state index in [0.717, 1.165) is 6.42 Å². The van der Waals surface area contributed by atoms with Crippen LogP contribution in [-0.4, -0.2) is 23.7 Å². The zero-order chi connectivity index (χ0) is 11.1. The number of hydrogen-bond donors (Lipinski definition) is 2. The van der Waals surface area contributed by atoms with Gasteiger partial charge in [-0.05, 0) is 18.3 Å². The molecule has 0 fully saturated rings. The van der Waals surface area contributed by atoms with Gasteiger partial charge in [0.05, 0.1) is 12.6 Å². The van der Waals surface area contributed by atoms with Gasteiger partial charge in [0.1, 0.15) is 0 Å². The molecule has 1 unspecified atom stereocenters. The molecule has 0 bridgehead atoms. The quantitative estimate of drug-likeness (QED) is 0.685. The van der Waals surface area contributed by atoms with Crippen molar-refractivity contribution < 1.29 is 9.90 Å². The van der Waals surface area contributed by atoms with Gasteiger partial charge in [-0.25, -0.2) is 0 Å². The summed E-state index contributed by atoms with van der Waals surface area (Å²) in [5.74, 6) is 0.877. The number of aliphatic hydroxyl groups is 1. The SMILES string of the molecule is CC(C)CCC(=O)NC(CO)C(C)C. The molecule has 0 aromatic carbocycles. The molecule has 0 radical (unpaired) electrons. The third-order valence-electron chi connectivity index (χ3n) is 2.30. The van der Waals surface area contributed by atoms with E-state index in [0.29, 0.717) is 12.3 Å². The Morgan fingerprint density at radius 2 is 1.86 bits per heavy atom. The van der Waals surface area contributed by atoms with Crippen LogP contribution in [0.15, 0.2) is 0 Å². The van der Waals surface area contributed by atoms with Gasteiger partial charge in [-0.1, -0.05) is 27.7 Å². The lowest BCUT2D eigenvalue weighted by Crippen LogP contribution is -2.41. The summed E-state index contributed by atoms with van der Waals surface area (Å²) < 4.78 is 0. The highest BCUT2D eigenvalue weighted by molar-refractivity contribution is 5.76. The first-order valence-corrected chi connectivity index (χ1v) is 5.37. The van der Waals surface area contributed by atoms with Crippen LogP contribution in [0.5, 0.6) is 0 Å². The van der Waals surface area contributed by atoms with E-state index in [-0.39, 0.29) is 24.5 Å². The molecular weight excluding hydrogens is 178 g/mol.